The minimum atomic E-state index is -0.417. The van der Waals surface area contributed by atoms with Gasteiger partial charge in [0.05, 0.1) is 6.20 Å². The Balaban J connectivity index is 2.05. The zero-order valence-corrected chi connectivity index (χ0v) is 10.9. The van der Waals surface area contributed by atoms with Crippen molar-refractivity contribution in [3.63, 3.8) is 0 Å². The summed E-state index contributed by atoms with van der Waals surface area (Å²) in [6.07, 6.45) is 4.29. The normalized spacial score (nSPS) is 13.2. The van der Waals surface area contributed by atoms with Crippen LogP contribution in [0.15, 0.2) is 16.9 Å². The third-order valence-corrected chi connectivity index (χ3v) is 2.62. The van der Waals surface area contributed by atoms with Crippen LogP contribution in [-0.4, -0.2) is 45.5 Å². The SMILES string of the molecule is CN(C)CCc1noc(C(N)c2cnn(C)c2)n1. The molecule has 7 heteroatoms. The number of nitrogens with zero attached hydrogens (tertiary/aromatic N) is 5. The van der Waals surface area contributed by atoms with E-state index in [9.17, 15) is 0 Å². The quantitative estimate of drug-likeness (QED) is 0.801. The van der Waals surface area contributed by atoms with E-state index in [4.69, 9.17) is 10.3 Å². The maximum absolute atomic E-state index is 6.04. The highest BCUT2D eigenvalue weighted by atomic mass is 16.5. The van der Waals surface area contributed by atoms with Crippen molar-refractivity contribution in [2.24, 2.45) is 12.8 Å². The van der Waals surface area contributed by atoms with Crippen LogP contribution in [0.4, 0.5) is 0 Å². The number of aryl methyl sites for hydroxylation is 1. The van der Waals surface area contributed by atoms with Crippen molar-refractivity contribution in [3.05, 3.63) is 29.7 Å². The molecule has 2 aromatic rings. The molecular weight excluding hydrogens is 232 g/mol. The molecule has 98 valence electrons. The fourth-order valence-electron chi connectivity index (χ4n) is 1.56. The standard InChI is InChI=1S/C11H18N6O/c1-16(2)5-4-9-14-11(18-15-9)10(12)8-6-13-17(3)7-8/h6-7,10H,4-5,12H2,1-3H3. The summed E-state index contributed by atoms with van der Waals surface area (Å²) in [5.74, 6) is 1.11. The maximum atomic E-state index is 6.04. The number of rotatable bonds is 5. The van der Waals surface area contributed by atoms with Gasteiger partial charge in [-0.05, 0) is 14.1 Å². The van der Waals surface area contributed by atoms with Crippen molar-refractivity contribution in [2.75, 3.05) is 20.6 Å². The highest BCUT2D eigenvalue weighted by Gasteiger charge is 2.18. The summed E-state index contributed by atoms with van der Waals surface area (Å²) >= 11 is 0. The molecule has 0 aliphatic rings. The molecule has 2 rings (SSSR count). The van der Waals surface area contributed by atoms with Gasteiger partial charge >= 0.3 is 0 Å². The first-order valence-corrected chi connectivity index (χ1v) is 5.77. The Morgan fingerprint density at radius 3 is 2.89 bits per heavy atom. The molecule has 0 fully saturated rings. The monoisotopic (exact) mass is 250 g/mol. The van der Waals surface area contributed by atoms with Crippen LogP contribution < -0.4 is 5.73 Å². The van der Waals surface area contributed by atoms with E-state index in [1.54, 1.807) is 10.9 Å². The molecule has 0 saturated heterocycles. The van der Waals surface area contributed by atoms with Crippen LogP contribution >= 0.6 is 0 Å². The number of hydrogen-bond acceptors (Lipinski definition) is 6. The minimum Gasteiger partial charge on any atom is -0.337 e. The van der Waals surface area contributed by atoms with Gasteiger partial charge in [0.1, 0.15) is 6.04 Å². The highest BCUT2D eigenvalue weighted by molar-refractivity contribution is 5.16. The van der Waals surface area contributed by atoms with Gasteiger partial charge in [-0.1, -0.05) is 5.16 Å². The van der Waals surface area contributed by atoms with Crippen LogP contribution in [0.3, 0.4) is 0 Å². The fraction of sp³-hybridized carbons (Fsp3) is 0.545. The van der Waals surface area contributed by atoms with Crippen LogP contribution in [0.5, 0.6) is 0 Å². The lowest BCUT2D eigenvalue weighted by Gasteiger charge is -2.05. The average molecular weight is 250 g/mol. The van der Waals surface area contributed by atoms with Crippen LogP contribution in [0.25, 0.3) is 0 Å². The fourth-order valence-corrected chi connectivity index (χ4v) is 1.56. The van der Waals surface area contributed by atoms with E-state index < -0.39 is 6.04 Å². The van der Waals surface area contributed by atoms with E-state index in [0.29, 0.717) is 11.7 Å². The highest BCUT2D eigenvalue weighted by Crippen LogP contribution is 2.16. The molecule has 1 unspecified atom stereocenters. The number of likely N-dealkylation sites (N-methyl/N-ethyl adjacent to an activating group) is 1. The number of aromatic nitrogens is 4. The Morgan fingerprint density at radius 2 is 2.28 bits per heavy atom. The van der Waals surface area contributed by atoms with E-state index >= 15 is 0 Å². The summed E-state index contributed by atoms with van der Waals surface area (Å²) in [7, 11) is 5.84. The Kier molecular flexibility index (Phi) is 3.73. The molecule has 0 saturated carbocycles. The molecule has 0 bridgehead atoms. The van der Waals surface area contributed by atoms with Crippen molar-refractivity contribution in [3.8, 4) is 0 Å². The Hall–Kier alpha value is -1.73. The van der Waals surface area contributed by atoms with E-state index in [-0.39, 0.29) is 0 Å². The molecule has 0 aliphatic heterocycles. The molecular formula is C11H18N6O. The van der Waals surface area contributed by atoms with E-state index in [2.05, 4.69) is 20.1 Å². The van der Waals surface area contributed by atoms with Crippen LogP contribution in [0, 0.1) is 0 Å². The summed E-state index contributed by atoms with van der Waals surface area (Å²) in [5, 5.41) is 7.99. The minimum absolute atomic E-state index is 0.417. The van der Waals surface area contributed by atoms with Crippen molar-refractivity contribution < 1.29 is 4.52 Å². The Labute approximate surface area is 106 Å². The maximum Gasteiger partial charge on any atom is 0.248 e. The number of nitrogens with two attached hydrogens (primary N) is 1. The van der Waals surface area contributed by atoms with Crippen molar-refractivity contribution >= 4 is 0 Å². The predicted molar refractivity (Wildman–Crippen MR) is 65.8 cm³/mol. The first kappa shape index (κ1) is 12.7. The lowest BCUT2D eigenvalue weighted by Crippen LogP contribution is -2.16. The zero-order chi connectivity index (χ0) is 13.1. The molecule has 0 aliphatic carbocycles. The average Bonchev–Trinajstić information content (AvgIpc) is 2.94. The molecule has 0 spiro atoms. The van der Waals surface area contributed by atoms with Gasteiger partial charge in [-0.2, -0.15) is 10.1 Å². The second-order valence-electron chi connectivity index (χ2n) is 4.53. The van der Waals surface area contributed by atoms with Gasteiger partial charge in [0.2, 0.25) is 5.89 Å². The van der Waals surface area contributed by atoms with E-state index in [1.807, 2.05) is 27.3 Å². The van der Waals surface area contributed by atoms with Crippen molar-refractivity contribution in [1.82, 2.24) is 24.8 Å². The molecule has 7 nitrogen and oxygen atoms in total. The molecule has 2 aromatic heterocycles. The van der Waals surface area contributed by atoms with Crippen molar-refractivity contribution in [2.45, 2.75) is 12.5 Å². The molecule has 0 radical (unpaired) electrons. The van der Waals surface area contributed by atoms with Gasteiger partial charge in [0.15, 0.2) is 5.82 Å². The third kappa shape index (κ3) is 2.93. The predicted octanol–water partition coefficient (Wildman–Crippen LogP) is -0.0447. The second-order valence-corrected chi connectivity index (χ2v) is 4.53. The first-order valence-electron chi connectivity index (χ1n) is 5.77. The Bertz CT molecular complexity index is 503. The van der Waals surface area contributed by atoms with Gasteiger partial charge in [-0.25, -0.2) is 0 Å². The Morgan fingerprint density at radius 1 is 1.50 bits per heavy atom. The zero-order valence-electron chi connectivity index (χ0n) is 10.9. The molecule has 2 N–H and O–H groups in total. The summed E-state index contributed by atoms with van der Waals surface area (Å²) in [6.45, 7) is 0.876. The smallest absolute Gasteiger partial charge is 0.248 e. The van der Waals surface area contributed by atoms with Gasteiger partial charge in [-0.3, -0.25) is 4.68 Å². The van der Waals surface area contributed by atoms with Crippen LogP contribution in [0.2, 0.25) is 0 Å². The second kappa shape index (κ2) is 5.28. The molecule has 18 heavy (non-hydrogen) atoms. The molecule has 1 atom stereocenters. The largest absolute Gasteiger partial charge is 0.337 e. The van der Waals surface area contributed by atoms with Crippen LogP contribution in [-0.2, 0) is 13.5 Å². The molecule has 0 amide bonds. The lowest BCUT2D eigenvalue weighted by atomic mass is 10.2. The van der Waals surface area contributed by atoms with Gasteiger partial charge in [0, 0.05) is 31.8 Å². The van der Waals surface area contributed by atoms with E-state index in [0.717, 1.165) is 18.5 Å². The van der Waals surface area contributed by atoms with Crippen molar-refractivity contribution in [1.29, 1.82) is 0 Å². The van der Waals surface area contributed by atoms with Crippen LogP contribution in [0.1, 0.15) is 23.3 Å². The summed E-state index contributed by atoms with van der Waals surface area (Å²) in [4.78, 5) is 6.37. The van der Waals surface area contributed by atoms with Gasteiger partial charge < -0.3 is 15.2 Å². The van der Waals surface area contributed by atoms with Gasteiger partial charge in [0.25, 0.3) is 0 Å². The summed E-state index contributed by atoms with van der Waals surface area (Å²) in [5.41, 5.74) is 6.90. The summed E-state index contributed by atoms with van der Waals surface area (Å²) in [6, 6.07) is -0.417. The number of hydrogen-bond donors (Lipinski definition) is 1. The van der Waals surface area contributed by atoms with Gasteiger partial charge in [-0.15, -0.1) is 0 Å². The van der Waals surface area contributed by atoms with E-state index in [1.165, 1.54) is 0 Å². The molecule has 0 aromatic carbocycles. The topological polar surface area (TPSA) is 86.0 Å². The first-order chi connectivity index (χ1) is 8.56. The molecule has 2 heterocycles. The lowest BCUT2D eigenvalue weighted by molar-refractivity contribution is 0.357. The third-order valence-electron chi connectivity index (χ3n) is 2.62. The summed E-state index contributed by atoms with van der Waals surface area (Å²) < 4.78 is 6.87.